The maximum Gasteiger partial charge on any atom is 0.433 e. The number of amides is 1. The van der Waals surface area contributed by atoms with Crippen LogP contribution in [-0.4, -0.2) is 41.8 Å². The number of fused-ring (bicyclic) bond motifs is 1. The first-order chi connectivity index (χ1) is 16.4. The zero-order valence-electron chi connectivity index (χ0n) is 18.9. The second-order valence-electron chi connectivity index (χ2n) is 8.00. The number of nitrogens with one attached hydrogen (secondary N) is 1. The molecule has 0 aliphatic carbocycles. The molecule has 3 aromatic heterocycles. The van der Waals surface area contributed by atoms with E-state index in [1.54, 1.807) is 25.1 Å². The van der Waals surface area contributed by atoms with E-state index in [1.165, 1.54) is 16.8 Å². The molecule has 0 aliphatic heterocycles. The minimum Gasteiger partial charge on any atom is -0.358 e. The molecular weight excluding hydrogens is 467 g/mol. The van der Waals surface area contributed by atoms with Crippen molar-refractivity contribution < 1.29 is 22.9 Å². The summed E-state index contributed by atoms with van der Waals surface area (Å²) in [5, 5.41) is 21.0. The molecule has 0 aliphatic rings. The van der Waals surface area contributed by atoms with Crippen LogP contribution in [0.25, 0.3) is 16.9 Å². The van der Waals surface area contributed by atoms with Crippen LogP contribution in [0.3, 0.4) is 0 Å². The predicted octanol–water partition coefficient (Wildman–Crippen LogP) is 3.88. The smallest absolute Gasteiger partial charge is 0.358 e. The number of benzene rings is 1. The summed E-state index contributed by atoms with van der Waals surface area (Å²) in [5.41, 5.74) is 1.61. The first-order valence-electron chi connectivity index (χ1n) is 10.5. The highest BCUT2D eigenvalue weighted by molar-refractivity contribution is 5.93. The Morgan fingerprint density at radius 2 is 1.83 bits per heavy atom. The van der Waals surface area contributed by atoms with Gasteiger partial charge in [0.1, 0.15) is 0 Å². The number of carbonyl (C=O) groups is 1. The summed E-state index contributed by atoms with van der Waals surface area (Å²) in [6.07, 6.45) is -4.73. The van der Waals surface area contributed by atoms with E-state index in [9.17, 15) is 28.1 Å². The summed E-state index contributed by atoms with van der Waals surface area (Å²) in [5.74, 6) is -1.03. The van der Waals surface area contributed by atoms with Crippen LogP contribution in [0.1, 0.15) is 33.0 Å². The average Bonchev–Trinajstić information content (AvgIpc) is 3.38. The van der Waals surface area contributed by atoms with Crippen LogP contribution in [0, 0.1) is 30.9 Å². The molecule has 0 bridgehead atoms. The van der Waals surface area contributed by atoms with Crippen molar-refractivity contribution in [2.75, 3.05) is 6.54 Å². The predicted molar refractivity (Wildman–Crippen MR) is 119 cm³/mol. The first kappa shape index (κ1) is 23.9. The number of hydrogen-bond acceptors (Lipinski definition) is 6. The van der Waals surface area contributed by atoms with E-state index in [0.29, 0.717) is 15.8 Å². The summed E-state index contributed by atoms with van der Waals surface area (Å²) >= 11 is 0. The van der Waals surface area contributed by atoms with Crippen LogP contribution in [0.4, 0.5) is 19.0 Å². The SMILES string of the molecule is Cc1ccc(-c2cc(C(F)(F)F)n3nc(C(=O)NCCn4nc([N+](=O)[O-])cc4C)cc3n2)cc1C. The highest BCUT2D eigenvalue weighted by atomic mass is 19.4. The van der Waals surface area contributed by atoms with Crippen molar-refractivity contribution in [1.82, 2.24) is 29.7 Å². The Balaban J connectivity index is 1.60. The lowest BCUT2D eigenvalue weighted by molar-refractivity contribution is -0.389. The zero-order valence-corrected chi connectivity index (χ0v) is 18.9. The second-order valence-corrected chi connectivity index (χ2v) is 8.00. The van der Waals surface area contributed by atoms with E-state index in [4.69, 9.17) is 0 Å². The number of carbonyl (C=O) groups excluding carboxylic acids is 1. The lowest BCUT2D eigenvalue weighted by Gasteiger charge is -2.11. The fourth-order valence-corrected chi connectivity index (χ4v) is 3.51. The monoisotopic (exact) mass is 487 g/mol. The van der Waals surface area contributed by atoms with Gasteiger partial charge in [-0.1, -0.05) is 12.1 Å². The van der Waals surface area contributed by atoms with E-state index in [-0.39, 0.29) is 35.9 Å². The molecule has 3 heterocycles. The Morgan fingerprint density at radius 1 is 1.09 bits per heavy atom. The standard InChI is InChI=1S/C22H20F3N7O3/c1-12-4-5-15(8-13(12)2)16-10-18(22(23,24)25)31-19(27-16)11-17(28-31)21(33)26-6-7-30-14(3)9-20(29-30)32(34)35/h4-5,8-11H,6-7H2,1-3H3,(H,26,33). The Bertz CT molecular complexity index is 1460. The number of aromatic nitrogens is 5. The molecule has 1 aromatic carbocycles. The van der Waals surface area contributed by atoms with E-state index < -0.39 is 22.7 Å². The molecule has 35 heavy (non-hydrogen) atoms. The molecule has 4 rings (SSSR count). The average molecular weight is 487 g/mol. The van der Waals surface area contributed by atoms with Gasteiger partial charge in [-0.25, -0.2) is 9.50 Å². The van der Waals surface area contributed by atoms with E-state index in [1.807, 2.05) is 13.8 Å². The van der Waals surface area contributed by atoms with Gasteiger partial charge in [-0.15, -0.1) is 0 Å². The molecule has 0 spiro atoms. The Labute approximate surface area is 196 Å². The highest BCUT2D eigenvalue weighted by Crippen LogP contribution is 2.32. The number of hydrogen-bond donors (Lipinski definition) is 1. The third kappa shape index (κ3) is 4.83. The molecule has 1 N–H and O–H groups in total. The van der Waals surface area contributed by atoms with Gasteiger partial charge in [-0.05, 0) is 49.0 Å². The highest BCUT2D eigenvalue weighted by Gasteiger charge is 2.35. The minimum atomic E-state index is -4.73. The van der Waals surface area contributed by atoms with Gasteiger partial charge in [0.25, 0.3) is 5.91 Å². The molecule has 0 atom stereocenters. The molecule has 1 amide bonds. The van der Waals surface area contributed by atoms with Gasteiger partial charge in [-0.2, -0.15) is 23.0 Å². The first-order valence-corrected chi connectivity index (χ1v) is 10.5. The number of rotatable bonds is 6. The topological polar surface area (TPSA) is 120 Å². The van der Waals surface area contributed by atoms with E-state index >= 15 is 0 Å². The van der Waals surface area contributed by atoms with Gasteiger partial charge in [0, 0.05) is 18.2 Å². The molecule has 0 fully saturated rings. The summed E-state index contributed by atoms with van der Waals surface area (Å²) in [6, 6.07) is 8.61. The number of aryl methyl sites for hydroxylation is 3. The van der Waals surface area contributed by atoms with Crippen molar-refractivity contribution in [1.29, 1.82) is 0 Å². The van der Waals surface area contributed by atoms with Crippen LogP contribution in [0.2, 0.25) is 0 Å². The molecule has 4 aromatic rings. The summed E-state index contributed by atoms with van der Waals surface area (Å²) < 4.78 is 43.4. The molecule has 0 saturated heterocycles. The molecule has 0 radical (unpaired) electrons. The zero-order chi connectivity index (χ0) is 25.5. The lowest BCUT2D eigenvalue weighted by atomic mass is 10.0. The van der Waals surface area contributed by atoms with Crippen molar-refractivity contribution in [3.63, 3.8) is 0 Å². The summed E-state index contributed by atoms with van der Waals surface area (Å²) in [4.78, 5) is 27.1. The molecule has 10 nitrogen and oxygen atoms in total. The molecule has 13 heteroatoms. The van der Waals surface area contributed by atoms with Crippen LogP contribution in [-0.2, 0) is 12.7 Å². The van der Waals surface area contributed by atoms with Crippen LogP contribution in [0.5, 0.6) is 0 Å². The Kier molecular flexibility index (Phi) is 6.01. The summed E-state index contributed by atoms with van der Waals surface area (Å²) in [7, 11) is 0. The molecule has 0 saturated carbocycles. The minimum absolute atomic E-state index is 0.0276. The van der Waals surface area contributed by atoms with Crippen LogP contribution in [0.15, 0.2) is 36.4 Å². The van der Waals surface area contributed by atoms with Crippen molar-refractivity contribution in [3.05, 3.63) is 74.7 Å². The quantitative estimate of drug-likeness (QED) is 0.326. The van der Waals surface area contributed by atoms with Gasteiger partial charge in [0.05, 0.1) is 29.1 Å². The van der Waals surface area contributed by atoms with Crippen molar-refractivity contribution in [3.8, 4) is 11.3 Å². The molecular formula is C22H20F3N7O3. The van der Waals surface area contributed by atoms with Crippen LogP contribution < -0.4 is 5.32 Å². The van der Waals surface area contributed by atoms with Crippen molar-refractivity contribution in [2.24, 2.45) is 0 Å². The van der Waals surface area contributed by atoms with Gasteiger partial charge in [0.2, 0.25) is 0 Å². The second kappa shape index (κ2) is 8.81. The summed E-state index contributed by atoms with van der Waals surface area (Å²) in [6.45, 7) is 5.53. The van der Waals surface area contributed by atoms with Gasteiger partial charge < -0.3 is 15.4 Å². The van der Waals surface area contributed by atoms with E-state index in [2.05, 4.69) is 20.5 Å². The lowest BCUT2D eigenvalue weighted by Crippen LogP contribution is -2.28. The molecule has 182 valence electrons. The number of alkyl halides is 3. The fraction of sp³-hybridized carbons (Fsp3) is 0.273. The van der Waals surface area contributed by atoms with Crippen LogP contribution >= 0.6 is 0 Å². The fourth-order valence-electron chi connectivity index (χ4n) is 3.51. The largest absolute Gasteiger partial charge is 0.433 e. The van der Waals surface area contributed by atoms with Gasteiger partial charge >= 0.3 is 12.0 Å². The number of nitro groups is 1. The van der Waals surface area contributed by atoms with Crippen molar-refractivity contribution in [2.45, 2.75) is 33.5 Å². The number of halogens is 3. The maximum absolute atomic E-state index is 13.8. The third-order valence-electron chi connectivity index (χ3n) is 5.52. The third-order valence-corrected chi connectivity index (χ3v) is 5.52. The Morgan fingerprint density at radius 3 is 2.46 bits per heavy atom. The number of nitrogens with zero attached hydrogens (tertiary/aromatic N) is 6. The maximum atomic E-state index is 13.8. The Hall–Kier alpha value is -4.29. The van der Waals surface area contributed by atoms with E-state index in [0.717, 1.165) is 17.2 Å². The van der Waals surface area contributed by atoms with Crippen molar-refractivity contribution >= 4 is 17.4 Å². The van der Waals surface area contributed by atoms with Gasteiger partial charge in [0.15, 0.2) is 17.0 Å². The molecule has 0 unspecified atom stereocenters. The van der Waals surface area contributed by atoms with Gasteiger partial charge in [-0.3, -0.25) is 4.79 Å². The normalized spacial score (nSPS) is 11.7.